The number of nitrogens with one attached hydrogen (secondary N) is 1. The van der Waals surface area contributed by atoms with Gasteiger partial charge in [0.25, 0.3) is 0 Å². The SMILES string of the molecule is CCN1CCN(CCCC(C#N)(CC)NC)CC1. The second-order valence-corrected chi connectivity index (χ2v) is 5.18. The van der Waals surface area contributed by atoms with Crippen LogP contribution in [0.25, 0.3) is 0 Å². The lowest BCUT2D eigenvalue weighted by Gasteiger charge is -2.34. The third-order valence-corrected chi connectivity index (χ3v) is 4.29. The predicted molar refractivity (Wildman–Crippen MR) is 75.5 cm³/mol. The molecule has 0 aliphatic carbocycles. The van der Waals surface area contributed by atoms with Gasteiger partial charge in [-0.3, -0.25) is 0 Å². The summed E-state index contributed by atoms with van der Waals surface area (Å²) in [5, 5.41) is 12.4. The molecular weight excluding hydrogens is 224 g/mol. The first kappa shape index (κ1) is 15.4. The third kappa shape index (κ3) is 4.24. The van der Waals surface area contributed by atoms with E-state index < -0.39 is 0 Å². The highest BCUT2D eigenvalue weighted by atomic mass is 15.3. The molecule has 0 aromatic heterocycles. The van der Waals surface area contributed by atoms with Crippen LogP contribution in [0.5, 0.6) is 0 Å². The molecule has 4 heteroatoms. The van der Waals surface area contributed by atoms with Gasteiger partial charge in [-0.25, -0.2) is 0 Å². The zero-order chi connectivity index (χ0) is 13.4. The van der Waals surface area contributed by atoms with Crippen LogP contribution in [0.15, 0.2) is 0 Å². The average Bonchev–Trinajstić information content (AvgIpc) is 2.45. The monoisotopic (exact) mass is 252 g/mol. The van der Waals surface area contributed by atoms with Crippen molar-refractivity contribution < 1.29 is 0 Å². The number of rotatable bonds is 7. The van der Waals surface area contributed by atoms with Crippen molar-refractivity contribution in [3.63, 3.8) is 0 Å². The minimum Gasteiger partial charge on any atom is -0.302 e. The molecule has 1 atom stereocenters. The lowest BCUT2D eigenvalue weighted by atomic mass is 9.92. The van der Waals surface area contributed by atoms with Crippen molar-refractivity contribution in [3.8, 4) is 6.07 Å². The largest absolute Gasteiger partial charge is 0.302 e. The molecule has 0 aromatic rings. The van der Waals surface area contributed by atoms with Crippen LogP contribution in [0.4, 0.5) is 0 Å². The van der Waals surface area contributed by atoms with Crippen LogP contribution in [0.1, 0.15) is 33.1 Å². The van der Waals surface area contributed by atoms with Crippen molar-refractivity contribution in [2.24, 2.45) is 0 Å². The predicted octanol–water partition coefficient (Wildman–Crippen LogP) is 1.30. The van der Waals surface area contributed by atoms with Crippen LogP contribution in [0.2, 0.25) is 0 Å². The summed E-state index contributed by atoms with van der Waals surface area (Å²) >= 11 is 0. The molecule has 1 aliphatic heterocycles. The normalized spacial score (nSPS) is 21.4. The molecule has 0 bridgehead atoms. The van der Waals surface area contributed by atoms with Gasteiger partial charge in [-0.2, -0.15) is 5.26 Å². The Morgan fingerprint density at radius 2 is 1.78 bits per heavy atom. The van der Waals surface area contributed by atoms with E-state index in [0.717, 1.165) is 25.8 Å². The Kier molecular flexibility index (Phi) is 6.62. The van der Waals surface area contributed by atoms with Crippen molar-refractivity contribution >= 4 is 0 Å². The summed E-state index contributed by atoms with van der Waals surface area (Å²) in [6.07, 6.45) is 2.93. The van der Waals surface area contributed by atoms with E-state index in [4.69, 9.17) is 0 Å². The minimum absolute atomic E-state index is 0.314. The molecule has 0 spiro atoms. The molecule has 1 saturated heterocycles. The summed E-state index contributed by atoms with van der Waals surface area (Å²) in [5.74, 6) is 0. The van der Waals surface area contributed by atoms with Crippen molar-refractivity contribution in [3.05, 3.63) is 0 Å². The number of piperazine rings is 1. The fourth-order valence-electron chi connectivity index (χ4n) is 2.60. The van der Waals surface area contributed by atoms with Crippen LogP contribution in [-0.2, 0) is 0 Å². The molecule has 1 unspecified atom stereocenters. The van der Waals surface area contributed by atoms with E-state index in [1.54, 1.807) is 0 Å². The van der Waals surface area contributed by atoms with Gasteiger partial charge in [-0.05, 0) is 39.4 Å². The van der Waals surface area contributed by atoms with Crippen LogP contribution in [-0.4, -0.2) is 61.7 Å². The van der Waals surface area contributed by atoms with Gasteiger partial charge in [0.15, 0.2) is 0 Å². The number of hydrogen-bond donors (Lipinski definition) is 1. The Morgan fingerprint density at radius 3 is 2.22 bits per heavy atom. The van der Waals surface area contributed by atoms with E-state index in [-0.39, 0.29) is 5.54 Å². The van der Waals surface area contributed by atoms with Crippen LogP contribution in [0, 0.1) is 11.3 Å². The molecule has 1 aliphatic rings. The van der Waals surface area contributed by atoms with Gasteiger partial charge in [-0.15, -0.1) is 0 Å². The zero-order valence-electron chi connectivity index (χ0n) is 12.2. The van der Waals surface area contributed by atoms with Gasteiger partial charge >= 0.3 is 0 Å². The first-order valence-corrected chi connectivity index (χ1v) is 7.24. The van der Waals surface area contributed by atoms with E-state index in [2.05, 4.69) is 35.0 Å². The Hall–Kier alpha value is -0.630. The van der Waals surface area contributed by atoms with E-state index in [9.17, 15) is 5.26 Å². The van der Waals surface area contributed by atoms with E-state index in [1.807, 2.05) is 7.05 Å². The van der Waals surface area contributed by atoms with Crippen molar-refractivity contribution in [1.29, 1.82) is 5.26 Å². The van der Waals surface area contributed by atoms with Crippen molar-refractivity contribution in [2.75, 3.05) is 46.3 Å². The maximum Gasteiger partial charge on any atom is 0.106 e. The van der Waals surface area contributed by atoms with E-state index in [1.165, 1.54) is 32.7 Å². The molecule has 0 amide bonds. The lowest BCUT2D eigenvalue weighted by Crippen LogP contribution is -2.47. The molecule has 18 heavy (non-hydrogen) atoms. The molecular formula is C14H28N4. The molecule has 104 valence electrons. The Morgan fingerprint density at radius 1 is 1.17 bits per heavy atom. The maximum absolute atomic E-state index is 9.25. The fraction of sp³-hybridized carbons (Fsp3) is 0.929. The Labute approximate surface area is 112 Å². The van der Waals surface area contributed by atoms with Crippen LogP contribution >= 0.6 is 0 Å². The highest BCUT2D eigenvalue weighted by Crippen LogP contribution is 2.16. The molecule has 0 radical (unpaired) electrons. The van der Waals surface area contributed by atoms with E-state index in [0.29, 0.717) is 0 Å². The van der Waals surface area contributed by atoms with Crippen molar-refractivity contribution in [2.45, 2.75) is 38.6 Å². The number of nitrogens with zero attached hydrogens (tertiary/aromatic N) is 3. The molecule has 1 heterocycles. The summed E-state index contributed by atoms with van der Waals surface area (Å²) in [6.45, 7) is 11.4. The second kappa shape index (κ2) is 7.73. The number of nitriles is 1. The number of likely N-dealkylation sites (N-methyl/N-ethyl adjacent to an activating group) is 1. The van der Waals surface area contributed by atoms with Gasteiger partial charge in [0.1, 0.15) is 5.54 Å². The second-order valence-electron chi connectivity index (χ2n) is 5.18. The standard InChI is InChI=1S/C14H28N4/c1-4-14(13-15,16-3)7-6-8-18-11-9-17(5-2)10-12-18/h16H,4-12H2,1-3H3. The first-order chi connectivity index (χ1) is 8.69. The molecule has 4 nitrogen and oxygen atoms in total. The highest BCUT2D eigenvalue weighted by molar-refractivity contribution is 5.05. The van der Waals surface area contributed by atoms with Gasteiger partial charge in [0.05, 0.1) is 6.07 Å². The van der Waals surface area contributed by atoms with Gasteiger partial charge < -0.3 is 15.1 Å². The maximum atomic E-state index is 9.25. The number of hydrogen-bond acceptors (Lipinski definition) is 4. The fourth-order valence-corrected chi connectivity index (χ4v) is 2.60. The first-order valence-electron chi connectivity index (χ1n) is 7.24. The molecule has 0 saturated carbocycles. The van der Waals surface area contributed by atoms with E-state index >= 15 is 0 Å². The summed E-state index contributed by atoms with van der Waals surface area (Å²) < 4.78 is 0. The summed E-state index contributed by atoms with van der Waals surface area (Å²) in [6, 6.07) is 2.43. The molecule has 1 fully saturated rings. The summed E-state index contributed by atoms with van der Waals surface area (Å²) in [5.41, 5.74) is -0.314. The lowest BCUT2D eigenvalue weighted by molar-refractivity contribution is 0.133. The van der Waals surface area contributed by atoms with Gasteiger partial charge in [-0.1, -0.05) is 13.8 Å². The zero-order valence-corrected chi connectivity index (χ0v) is 12.2. The summed E-state index contributed by atoms with van der Waals surface area (Å²) in [7, 11) is 1.90. The Bertz CT molecular complexity index is 259. The quantitative estimate of drug-likeness (QED) is 0.741. The molecule has 1 rings (SSSR count). The minimum atomic E-state index is -0.314. The van der Waals surface area contributed by atoms with Crippen molar-refractivity contribution in [1.82, 2.24) is 15.1 Å². The molecule has 1 N–H and O–H groups in total. The van der Waals surface area contributed by atoms with Crippen LogP contribution in [0.3, 0.4) is 0 Å². The average molecular weight is 252 g/mol. The van der Waals surface area contributed by atoms with Gasteiger partial charge in [0.2, 0.25) is 0 Å². The highest BCUT2D eigenvalue weighted by Gasteiger charge is 2.25. The van der Waals surface area contributed by atoms with Gasteiger partial charge in [0, 0.05) is 26.2 Å². The molecule has 0 aromatic carbocycles. The topological polar surface area (TPSA) is 42.3 Å². The smallest absolute Gasteiger partial charge is 0.106 e. The summed E-state index contributed by atoms with van der Waals surface area (Å²) in [4.78, 5) is 5.02. The third-order valence-electron chi connectivity index (χ3n) is 4.29. The Balaban J connectivity index is 2.24. The van der Waals surface area contributed by atoms with Crippen LogP contribution < -0.4 is 5.32 Å².